The van der Waals surface area contributed by atoms with Gasteiger partial charge in [0.2, 0.25) is 5.91 Å². The van der Waals surface area contributed by atoms with Gasteiger partial charge in [-0.05, 0) is 49.0 Å². The zero-order valence-electron chi connectivity index (χ0n) is 18.3. The Bertz CT molecular complexity index is 1270. The number of ether oxygens (including phenoxy) is 1. The van der Waals surface area contributed by atoms with Gasteiger partial charge in [-0.3, -0.25) is 19.3 Å². The van der Waals surface area contributed by atoms with E-state index in [0.717, 1.165) is 22.2 Å². The maximum Gasteiger partial charge on any atom is 0.294 e. The molecule has 3 amide bonds. The summed E-state index contributed by atoms with van der Waals surface area (Å²) in [5.41, 5.74) is 2.59. The van der Waals surface area contributed by atoms with E-state index in [1.807, 2.05) is 19.1 Å². The van der Waals surface area contributed by atoms with E-state index in [0.29, 0.717) is 22.6 Å². The molecule has 1 N–H and O–H groups in total. The first-order valence-electron chi connectivity index (χ1n) is 10.5. The summed E-state index contributed by atoms with van der Waals surface area (Å²) in [6, 6.07) is 20.5. The molecule has 6 nitrogen and oxygen atoms in total. The number of nitrogens with one attached hydrogen (secondary N) is 1. The zero-order valence-corrected chi connectivity index (χ0v) is 19.1. The van der Waals surface area contributed by atoms with Gasteiger partial charge in [0.25, 0.3) is 11.1 Å². The SMILES string of the molecule is Cc1ccc(NC(=O)CN2C(=O)S/C(=C\c3ccccc3OCc3ccccc3F)C2=O)cc1. The van der Waals surface area contributed by atoms with Crippen molar-refractivity contribution >= 4 is 40.6 Å². The fourth-order valence-electron chi connectivity index (χ4n) is 3.26. The van der Waals surface area contributed by atoms with Gasteiger partial charge >= 0.3 is 0 Å². The van der Waals surface area contributed by atoms with Crippen molar-refractivity contribution in [2.45, 2.75) is 13.5 Å². The van der Waals surface area contributed by atoms with E-state index < -0.39 is 17.1 Å². The number of hydrogen-bond donors (Lipinski definition) is 1. The van der Waals surface area contributed by atoms with Crippen molar-refractivity contribution in [1.82, 2.24) is 4.90 Å². The molecule has 0 unspecified atom stereocenters. The molecule has 0 bridgehead atoms. The van der Waals surface area contributed by atoms with Crippen molar-refractivity contribution in [3.8, 4) is 5.75 Å². The van der Waals surface area contributed by atoms with Crippen molar-refractivity contribution < 1.29 is 23.5 Å². The lowest BCUT2D eigenvalue weighted by atomic mass is 10.1. The molecule has 0 radical (unpaired) electrons. The van der Waals surface area contributed by atoms with Gasteiger partial charge in [0.15, 0.2) is 0 Å². The first-order valence-corrected chi connectivity index (χ1v) is 11.3. The predicted molar refractivity (Wildman–Crippen MR) is 130 cm³/mol. The van der Waals surface area contributed by atoms with Crippen LogP contribution in [0.2, 0.25) is 0 Å². The zero-order chi connectivity index (χ0) is 24.1. The number of carbonyl (C=O) groups is 3. The van der Waals surface area contributed by atoms with E-state index in [2.05, 4.69) is 5.32 Å². The number of benzene rings is 3. The molecule has 4 rings (SSSR count). The summed E-state index contributed by atoms with van der Waals surface area (Å²) in [5.74, 6) is -0.960. The smallest absolute Gasteiger partial charge is 0.294 e. The van der Waals surface area contributed by atoms with Crippen molar-refractivity contribution in [2.24, 2.45) is 0 Å². The highest BCUT2D eigenvalue weighted by Gasteiger charge is 2.36. The Balaban J connectivity index is 1.45. The molecule has 1 heterocycles. The predicted octanol–water partition coefficient (Wildman–Crippen LogP) is 5.39. The summed E-state index contributed by atoms with van der Waals surface area (Å²) >= 11 is 0.755. The van der Waals surface area contributed by atoms with Crippen LogP contribution in [0.3, 0.4) is 0 Å². The van der Waals surface area contributed by atoms with Crippen LogP contribution in [-0.4, -0.2) is 28.5 Å². The molecule has 1 fully saturated rings. The molecule has 0 aliphatic carbocycles. The number of hydrogen-bond acceptors (Lipinski definition) is 5. The van der Waals surface area contributed by atoms with Crippen LogP contribution >= 0.6 is 11.8 Å². The summed E-state index contributed by atoms with van der Waals surface area (Å²) in [4.78, 5) is 38.7. The number of imide groups is 1. The van der Waals surface area contributed by atoms with E-state index in [1.54, 1.807) is 60.7 Å². The number of para-hydroxylation sites is 1. The summed E-state index contributed by atoms with van der Waals surface area (Å²) in [6.45, 7) is 1.56. The van der Waals surface area contributed by atoms with E-state index in [9.17, 15) is 18.8 Å². The molecule has 0 saturated carbocycles. The van der Waals surface area contributed by atoms with E-state index in [-0.39, 0.29) is 23.9 Å². The van der Waals surface area contributed by atoms with Crippen LogP contribution in [0.4, 0.5) is 14.9 Å². The molecular weight excluding hydrogens is 455 g/mol. The Hall–Kier alpha value is -3.91. The molecule has 1 aliphatic rings. The summed E-state index contributed by atoms with van der Waals surface area (Å²) in [5, 5.41) is 2.16. The third-order valence-corrected chi connectivity index (χ3v) is 5.96. The normalized spacial score (nSPS) is 14.5. The number of halogens is 1. The number of amides is 3. The van der Waals surface area contributed by atoms with Crippen LogP contribution in [0.1, 0.15) is 16.7 Å². The van der Waals surface area contributed by atoms with Crippen molar-refractivity contribution in [3.63, 3.8) is 0 Å². The highest BCUT2D eigenvalue weighted by atomic mass is 32.2. The van der Waals surface area contributed by atoms with E-state index in [4.69, 9.17) is 4.74 Å². The summed E-state index contributed by atoms with van der Waals surface area (Å²) in [6.07, 6.45) is 1.54. The van der Waals surface area contributed by atoms with Gasteiger partial charge in [0.1, 0.15) is 24.7 Å². The van der Waals surface area contributed by atoms with Gasteiger partial charge in [-0.25, -0.2) is 4.39 Å². The third kappa shape index (κ3) is 5.52. The summed E-state index contributed by atoms with van der Waals surface area (Å²) < 4.78 is 19.7. The number of anilines is 1. The Morgan fingerprint density at radius 3 is 2.50 bits per heavy atom. The molecule has 0 atom stereocenters. The quantitative estimate of drug-likeness (QED) is 0.463. The molecular formula is C26H21FN2O4S. The monoisotopic (exact) mass is 476 g/mol. The number of rotatable bonds is 7. The van der Waals surface area contributed by atoms with Crippen LogP contribution in [0.15, 0.2) is 77.7 Å². The minimum absolute atomic E-state index is 0.0121. The largest absolute Gasteiger partial charge is 0.488 e. The number of thioether (sulfide) groups is 1. The van der Waals surface area contributed by atoms with Crippen LogP contribution in [0.25, 0.3) is 6.08 Å². The molecule has 34 heavy (non-hydrogen) atoms. The lowest BCUT2D eigenvalue weighted by Gasteiger charge is -2.12. The Labute approximate surface area is 200 Å². The summed E-state index contributed by atoms with van der Waals surface area (Å²) in [7, 11) is 0. The lowest BCUT2D eigenvalue weighted by Crippen LogP contribution is -2.36. The Kier molecular flexibility index (Phi) is 7.08. The fraction of sp³-hybridized carbons (Fsp3) is 0.115. The number of aryl methyl sites for hydroxylation is 1. The Morgan fingerprint density at radius 2 is 1.74 bits per heavy atom. The molecule has 0 spiro atoms. The second-order valence-corrected chi connectivity index (χ2v) is 8.59. The molecule has 3 aromatic carbocycles. The van der Waals surface area contributed by atoms with Crippen molar-refractivity contribution in [2.75, 3.05) is 11.9 Å². The molecule has 172 valence electrons. The second kappa shape index (κ2) is 10.4. The van der Waals surface area contributed by atoms with Crippen LogP contribution in [0, 0.1) is 12.7 Å². The standard InChI is InChI=1S/C26H21FN2O4S/c1-17-10-12-20(13-11-17)28-24(30)15-29-25(31)23(34-26(29)32)14-18-6-3-5-9-22(18)33-16-19-7-2-4-8-21(19)27/h2-14H,15-16H2,1H3,(H,28,30)/b23-14-. The second-order valence-electron chi connectivity index (χ2n) is 7.60. The van der Waals surface area contributed by atoms with Crippen molar-refractivity contribution in [3.05, 3.63) is 100 Å². The molecule has 0 aromatic heterocycles. The van der Waals surface area contributed by atoms with Crippen LogP contribution in [-0.2, 0) is 16.2 Å². The van der Waals surface area contributed by atoms with Gasteiger partial charge in [-0.15, -0.1) is 0 Å². The minimum atomic E-state index is -0.557. The van der Waals surface area contributed by atoms with Crippen LogP contribution in [0.5, 0.6) is 5.75 Å². The molecule has 1 saturated heterocycles. The number of carbonyl (C=O) groups excluding carboxylic acids is 3. The van der Waals surface area contributed by atoms with Crippen LogP contribution < -0.4 is 10.1 Å². The average Bonchev–Trinajstić information content (AvgIpc) is 3.08. The first kappa shape index (κ1) is 23.3. The van der Waals surface area contributed by atoms with Gasteiger partial charge in [-0.2, -0.15) is 0 Å². The van der Waals surface area contributed by atoms with E-state index >= 15 is 0 Å². The van der Waals surface area contributed by atoms with Crippen molar-refractivity contribution in [1.29, 1.82) is 0 Å². The third-order valence-electron chi connectivity index (χ3n) is 5.06. The maximum absolute atomic E-state index is 13.9. The Morgan fingerprint density at radius 1 is 1.03 bits per heavy atom. The van der Waals surface area contributed by atoms with Gasteiger partial charge in [0.05, 0.1) is 4.91 Å². The fourth-order valence-corrected chi connectivity index (χ4v) is 4.09. The highest BCUT2D eigenvalue weighted by molar-refractivity contribution is 8.18. The lowest BCUT2D eigenvalue weighted by molar-refractivity contribution is -0.127. The van der Waals surface area contributed by atoms with E-state index in [1.165, 1.54) is 6.07 Å². The van der Waals surface area contributed by atoms with Gasteiger partial charge in [-0.1, -0.05) is 54.1 Å². The molecule has 3 aromatic rings. The minimum Gasteiger partial charge on any atom is -0.488 e. The molecule has 1 aliphatic heterocycles. The van der Waals surface area contributed by atoms with Gasteiger partial charge in [0, 0.05) is 16.8 Å². The average molecular weight is 477 g/mol. The van der Waals surface area contributed by atoms with Gasteiger partial charge < -0.3 is 10.1 Å². The topological polar surface area (TPSA) is 75.7 Å². The number of nitrogens with zero attached hydrogens (tertiary/aromatic N) is 1. The molecule has 8 heteroatoms. The first-order chi connectivity index (χ1) is 16.4. The highest BCUT2D eigenvalue weighted by Crippen LogP contribution is 2.34. The maximum atomic E-state index is 13.9.